The van der Waals surface area contributed by atoms with Gasteiger partial charge in [0.05, 0.1) is 10.6 Å². The molecule has 0 saturated carbocycles. The molecule has 0 unspecified atom stereocenters. The zero-order chi connectivity index (χ0) is 18.3. The molecule has 0 saturated heterocycles. The predicted molar refractivity (Wildman–Crippen MR) is 102 cm³/mol. The SMILES string of the molecule is Cc1cccc(S(=O)(=O)c2csc3c2NC(=O)C[C@H]3c2ccccc2)c1. The molecule has 1 N–H and O–H groups in total. The molecule has 1 atom stereocenters. The number of sulfone groups is 1. The third kappa shape index (κ3) is 2.85. The van der Waals surface area contributed by atoms with Crippen molar-refractivity contribution in [2.45, 2.75) is 29.1 Å². The molecule has 0 aliphatic carbocycles. The highest BCUT2D eigenvalue weighted by Crippen LogP contribution is 2.45. The van der Waals surface area contributed by atoms with Crippen LogP contribution in [-0.2, 0) is 14.6 Å². The number of hydrogen-bond donors (Lipinski definition) is 1. The molecule has 1 aromatic heterocycles. The molecule has 2 heterocycles. The number of amides is 1. The Morgan fingerprint density at radius 1 is 1.08 bits per heavy atom. The Kier molecular flexibility index (Phi) is 4.17. The van der Waals surface area contributed by atoms with Crippen molar-refractivity contribution < 1.29 is 13.2 Å². The summed E-state index contributed by atoms with van der Waals surface area (Å²) in [6, 6.07) is 16.6. The zero-order valence-corrected chi connectivity index (χ0v) is 15.7. The van der Waals surface area contributed by atoms with Crippen LogP contribution in [0.25, 0.3) is 0 Å². The molecule has 4 rings (SSSR count). The lowest BCUT2D eigenvalue weighted by molar-refractivity contribution is -0.116. The summed E-state index contributed by atoms with van der Waals surface area (Å²) in [5.41, 5.74) is 2.33. The zero-order valence-electron chi connectivity index (χ0n) is 14.1. The first-order valence-electron chi connectivity index (χ1n) is 8.25. The highest BCUT2D eigenvalue weighted by molar-refractivity contribution is 7.91. The van der Waals surface area contributed by atoms with E-state index in [1.807, 2.05) is 43.3 Å². The summed E-state index contributed by atoms with van der Waals surface area (Å²) >= 11 is 1.39. The molecule has 1 amide bonds. The Bertz CT molecular complexity index is 1090. The molecule has 4 nitrogen and oxygen atoms in total. The highest BCUT2D eigenvalue weighted by Gasteiger charge is 2.34. The largest absolute Gasteiger partial charge is 0.324 e. The van der Waals surface area contributed by atoms with Crippen LogP contribution in [0.1, 0.15) is 28.3 Å². The van der Waals surface area contributed by atoms with Crippen LogP contribution in [0, 0.1) is 6.92 Å². The van der Waals surface area contributed by atoms with Gasteiger partial charge in [-0.25, -0.2) is 8.42 Å². The lowest BCUT2D eigenvalue weighted by Crippen LogP contribution is -2.23. The minimum atomic E-state index is -3.69. The van der Waals surface area contributed by atoms with E-state index < -0.39 is 9.84 Å². The fraction of sp³-hybridized carbons (Fsp3) is 0.150. The van der Waals surface area contributed by atoms with E-state index in [4.69, 9.17) is 0 Å². The molecule has 0 fully saturated rings. The molecular weight excluding hydrogens is 366 g/mol. The summed E-state index contributed by atoms with van der Waals surface area (Å²) in [7, 11) is -3.69. The van der Waals surface area contributed by atoms with E-state index in [1.165, 1.54) is 11.3 Å². The maximum Gasteiger partial charge on any atom is 0.225 e. The average molecular weight is 383 g/mol. The standard InChI is InChI=1S/C20H17NO3S2/c1-13-6-5-9-15(10-13)26(23,24)17-12-25-20-16(11-18(22)21-19(17)20)14-7-3-2-4-8-14/h2-10,12,16H,11H2,1H3,(H,21,22)/t16-/m0/s1. The van der Waals surface area contributed by atoms with Crippen LogP contribution in [0.15, 0.2) is 69.8 Å². The highest BCUT2D eigenvalue weighted by atomic mass is 32.2. The average Bonchev–Trinajstić information content (AvgIpc) is 3.06. The van der Waals surface area contributed by atoms with Crippen LogP contribution in [0.2, 0.25) is 0 Å². The lowest BCUT2D eigenvalue weighted by atomic mass is 9.91. The third-order valence-electron chi connectivity index (χ3n) is 4.55. The first kappa shape index (κ1) is 17.0. The molecule has 3 aromatic rings. The van der Waals surface area contributed by atoms with Crippen molar-refractivity contribution in [1.29, 1.82) is 0 Å². The van der Waals surface area contributed by atoms with Gasteiger partial charge in [0.25, 0.3) is 0 Å². The lowest BCUT2D eigenvalue weighted by Gasteiger charge is -2.23. The molecule has 1 aliphatic rings. The molecule has 26 heavy (non-hydrogen) atoms. The van der Waals surface area contributed by atoms with Crippen molar-refractivity contribution in [2.24, 2.45) is 0 Å². The maximum atomic E-state index is 13.1. The van der Waals surface area contributed by atoms with E-state index in [2.05, 4.69) is 5.32 Å². The summed E-state index contributed by atoms with van der Waals surface area (Å²) < 4.78 is 26.2. The second-order valence-corrected chi connectivity index (χ2v) is 9.20. The summed E-state index contributed by atoms with van der Waals surface area (Å²) in [6.45, 7) is 1.86. The number of thiophene rings is 1. The van der Waals surface area contributed by atoms with Gasteiger partial charge >= 0.3 is 0 Å². The third-order valence-corrected chi connectivity index (χ3v) is 7.57. The van der Waals surface area contributed by atoms with Crippen molar-refractivity contribution >= 4 is 32.8 Å². The van der Waals surface area contributed by atoms with Gasteiger partial charge < -0.3 is 5.32 Å². The monoisotopic (exact) mass is 383 g/mol. The Balaban J connectivity index is 1.85. The second kappa shape index (κ2) is 6.37. The van der Waals surface area contributed by atoms with Crippen LogP contribution < -0.4 is 5.32 Å². The van der Waals surface area contributed by atoms with Crippen molar-refractivity contribution in [3.8, 4) is 0 Å². The van der Waals surface area contributed by atoms with Gasteiger partial charge in [-0.15, -0.1) is 11.3 Å². The molecule has 0 radical (unpaired) electrons. The fourth-order valence-corrected chi connectivity index (χ4v) is 6.28. The van der Waals surface area contributed by atoms with E-state index in [9.17, 15) is 13.2 Å². The Morgan fingerprint density at radius 3 is 2.58 bits per heavy atom. The quantitative estimate of drug-likeness (QED) is 0.731. The first-order chi connectivity index (χ1) is 12.5. The summed E-state index contributed by atoms with van der Waals surface area (Å²) in [6.07, 6.45) is 0.321. The normalized spacial score (nSPS) is 16.8. The van der Waals surface area contributed by atoms with Gasteiger partial charge in [-0.05, 0) is 30.2 Å². The number of nitrogens with one attached hydrogen (secondary N) is 1. The van der Waals surface area contributed by atoms with Crippen LogP contribution in [0.5, 0.6) is 0 Å². The Morgan fingerprint density at radius 2 is 1.85 bits per heavy atom. The molecule has 2 aromatic carbocycles. The molecule has 0 bridgehead atoms. The first-order valence-corrected chi connectivity index (χ1v) is 10.6. The summed E-state index contributed by atoms with van der Waals surface area (Å²) in [4.78, 5) is 13.6. The number of carbonyl (C=O) groups excluding carboxylic acids is 1. The van der Waals surface area contributed by atoms with E-state index in [0.29, 0.717) is 12.1 Å². The van der Waals surface area contributed by atoms with Crippen molar-refractivity contribution in [3.63, 3.8) is 0 Å². The number of fused-ring (bicyclic) bond motifs is 1. The summed E-state index contributed by atoms with van der Waals surface area (Å²) in [5.74, 6) is -0.281. The fourth-order valence-electron chi connectivity index (χ4n) is 3.27. The van der Waals surface area contributed by atoms with Gasteiger partial charge in [0.15, 0.2) is 0 Å². The maximum absolute atomic E-state index is 13.1. The number of aryl methyl sites for hydroxylation is 1. The number of hydrogen-bond acceptors (Lipinski definition) is 4. The number of benzene rings is 2. The molecular formula is C20H17NO3S2. The molecule has 6 heteroatoms. The second-order valence-electron chi connectivity index (χ2n) is 6.37. The van der Waals surface area contributed by atoms with Crippen molar-refractivity contribution in [3.05, 3.63) is 76.0 Å². The van der Waals surface area contributed by atoms with Gasteiger partial charge in [0, 0.05) is 22.6 Å². The van der Waals surface area contributed by atoms with Gasteiger partial charge in [0.2, 0.25) is 15.7 Å². The van der Waals surface area contributed by atoms with Crippen LogP contribution in [-0.4, -0.2) is 14.3 Å². The molecule has 132 valence electrons. The van der Waals surface area contributed by atoms with Crippen molar-refractivity contribution in [1.82, 2.24) is 0 Å². The number of anilines is 1. The van der Waals surface area contributed by atoms with Gasteiger partial charge in [-0.3, -0.25) is 4.79 Å². The number of rotatable bonds is 3. The van der Waals surface area contributed by atoms with Crippen LogP contribution in [0.4, 0.5) is 5.69 Å². The van der Waals surface area contributed by atoms with Crippen LogP contribution >= 0.6 is 11.3 Å². The molecule has 0 spiro atoms. The van der Waals surface area contributed by atoms with Crippen LogP contribution in [0.3, 0.4) is 0 Å². The Labute approximate surface area is 156 Å². The van der Waals surface area contributed by atoms with E-state index in [1.54, 1.807) is 23.6 Å². The van der Waals surface area contributed by atoms with Gasteiger partial charge in [-0.2, -0.15) is 0 Å². The topological polar surface area (TPSA) is 63.2 Å². The van der Waals surface area contributed by atoms with Gasteiger partial charge in [-0.1, -0.05) is 42.5 Å². The smallest absolute Gasteiger partial charge is 0.225 e. The van der Waals surface area contributed by atoms with E-state index >= 15 is 0 Å². The number of carbonyl (C=O) groups is 1. The Hall–Kier alpha value is -2.44. The molecule has 1 aliphatic heterocycles. The minimum Gasteiger partial charge on any atom is -0.324 e. The predicted octanol–water partition coefficient (Wildman–Crippen LogP) is 4.36. The minimum absolute atomic E-state index is 0.119. The van der Waals surface area contributed by atoms with E-state index in [-0.39, 0.29) is 21.6 Å². The van der Waals surface area contributed by atoms with E-state index in [0.717, 1.165) is 16.0 Å². The van der Waals surface area contributed by atoms with Crippen molar-refractivity contribution in [2.75, 3.05) is 5.32 Å². The van der Waals surface area contributed by atoms with Gasteiger partial charge in [0.1, 0.15) is 4.90 Å². The summed E-state index contributed by atoms with van der Waals surface area (Å²) in [5, 5.41) is 4.43.